The van der Waals surface area contributed by atoms with Crippen molar-refractivity contribution in [3.63, 3.8) is 0 Å². The smallest absolute Gasteiger partial charge is 0.224 e. The molecule has 1 unspecified atom stereocenters. The van der Waals surface area contributed by atoms with Crippen LogP contribution in [0.15, 0.2) is 18.2 Å². The molecular formula is C16H22ClFN2O. The van der Waals surface area contributed by atoms with Crippen LogP contribution in [0.25, 0.3) is 0 Å². The van der Waals surface area contributed by atoms with Crippen molar-refractivity contribution in [2.75, 3.05) is 13.1 Å². The van der Waals surface area contributed by atoms with Gasteiger partial charge in [0.1, 0.15) is 5.82 Å². The monoisotopic (exact) mass is 312 g/mol. The first-order valence-electron chi connectivity index (χ1n) is 7.23. The molecule has 1 aliphatic rings. The van der Waals surface area contributed by atoms with Crippen molar-refractivity contribution in [3.8, 4) is 0 Å². The first-order chi connectivity index (χ1) is 9.76. The maximum absolute atomic E-state index is 13.8. The lowest BCUT2D eigenvalue weighted by Gasteiger charge is -2.23. The SMILES string of the molecule is CC(C)(C)NC(=O)C1CCN(Cc2c(F)cccc2Cl)C1. The number of hydrogen-bond acceptors (Lipinski definition) is 2. The molecule has 0 spiro atoms. The largest absolute Gasteiger partial charge is 0.351 e. The van der Waals surface area contributed by atoms with Crippen molar-refractivity contribution in [2.24, 2.45) is 5.92 Å². The van der Waals surface area contributed by atoms with Gasteiger partial charge in [-0.15, -0.1) is 0 Å². The molecule has 1 fully saturated rings. The number of nitrogens with zero attached hydrogens (tertiary/aromatic N) is 1. The van der Waals surface area contributed by atoms with Gasteiger partial charge in [-0.25, -0.2) is 4.39 Å². The molecule has 5 heteroatoms. The van der Waals surface area contributed by atoms with Crippen molar-refractivity contribution in [1.82, 2.24) is 10.2 Å². The summed E-state index contributed by atoms with van der Waals surface area (Å²) in [5, 5.41) is 3.44. The van der Waals surface area contributed by atoms with Gasteiger partial charge in [0.2, 0.25) is 5.91 Å². The molecule has 1 aliphatic heterocycles. The first-order valence-corrected chi connectivity index (χ1v) is 7.61. The van der Waals surface area contributed by atoms with E-state index in [1.165, 1.54) is 6.07 Å². The standard InChI is InChI=1S/C16H22ClFN2O/c1-16(2,3)19-15(21)11-7-8-20(9-11)10-12-13(17)5-4-6-14(12)18/h4-6,11H,7-10H2,1-3H3,(H,19,21). The lowest BCUT2D eigenvalue weighted by atomic mass is 10.0. The maximum Gasteiger partial charge on any atom is 0.224 e. The minimum absolute atomic E-state index is 0.0326. The second kappa shape index (κ2) is 6.32. The number of carbonyl (C=O) groups is 1. The molecule has 1 N–H and O–H groups in total. The molecule has 0 aliphatic carbocycles. The van der Waals surface area contributed by atoms with Gasteiger partial charge in [0.25, 0.3) is 0 Å². The summed E-state index contributed by atoms with van der Waals surface area (Å²) in [5.74, 6) is -0.246. The van der Waals surface area contributed by atoms with Crippen molar-refractivity contribution in [1.29, 1.82) is 0 Å². The second-order valence-electron chi connectivity index (χ2n) is 6.66. The minimum Gasteiger partial charge on any atom is -0.351 e. The molecule has 1 amide bonds. The van der Waals surface area contributed by atoms with Crippen molar-refractivity contribution in [2.45, 2.75) is 39.3 Å². The van der Waals surface area contributed by atoms with E-state index < -0.39 is 0 Å². The average Bonchev–Trinajstić information content (AvgIpc) is 2.80. The molecule has 1 heterocycles. The van der Waals surface area contributed by atoms with Gasteiger partial charge in [0, 0.05) is 29.2 Å². The zero-order valence-electron chi connectivity index (χ0n) is 12.7. The lowest BCUT2D eigenvalue weighted by molar-refractivity contribution is -0.126. The van der Waals surface area contributed by atoms with Crippen LogP contribution in [0.1, 0.15) is 32.8 Å². The molecule has 0 aromatic heterocycles. The van der Waals surface area contributed by atoms with Crippen LogP contribution < -0.4 is 5.32 Å². The van der Waals surface area contributed by atoms with Gasteiger partial charge in [-0.3, -0.25) is 9.69 Å². The number of nitrogens with one attached hydrogen (secondary N) is 1. The van der Waals surface area contributed by atoms with Gasteiger partial charge < -0.3 is 5.32 Å². The lowest BCUT2D eigenvalue weighted by Crippen LogP contribution is -2.44. The summed E-state index contributed by atoms with van der Waals surface area (Å²) in [6.45, 7) is 7.79. The van der Waals surface area contributed by atoms with Crippen LogP contribution in [-0.2, 0) is 11.3 Å². The fourth-order valence-electron chi connectivity index (χ4n) is 2.57. The number of amides is 1. The molecule has 0 saturated carbocycles. The van der Waals surface area contributed by atoms with Crippen molar-refractivity contribution >= 4 is 17.5 Å². The number of carbonyl (C=O) groups excluding carboxylic acids is 1. The summed E-state index contributed by atoms with van der Waals surface area (Å²) in [5.41, 5.74) is 0.287. The van der Waals surface area contributed by atoms with E-state index in [0.29, 0.717) is 23.7 Å². The number of halogens is 2. The van der Waals surface area contributed by atoms with Crippen LogP contribution in [0.2, 0.25) is 5.02 Å². The molecular weight excluding hydrogens is 291 g/mol. The number of rotatable bonds is 3. The summed E-state index contributed by atoms with van der Waals surface area (Å²) in [6.07, 6.45) is 0.800. The van der Waals surface area contributed by atoms with Gasteiger partial charge in [0.05, 0.1) is 5.92 Å². The van der Waals surface area contributed by atoms with Gasteiger partial charge in [-0.2, -0.15) is 0 Å². The van der Waals surface area contributed by atoms with Crippen LogP contribution in [0.5, 0.6) is 0 Å². The van der Waals surface area contributed by atoms with Gasteiger partial charge in [0.15, 0.2) is 0 Å². The molecule has 116 valence electrons. The normalized spacial score (nSPS) is 19.8. The zero-order valence-corrected chi connectivity index (χ0v) is 13.5. The number of benzene rings is 1. The summed E-state index contributed by atoms with van der Waals surface area (Å²) in [6, 6.07) is 4.71. The van der Waals surface area contributed by atoms with Crippen molar-refractivity contribution in [3.05, 3.63) is 34.6 Å². The Kier molecular flexibility index (Phi) is 4.89. The van der Waals surface area contributed by atoms with Crippen LogP contribution >= 0.6 is 11.6 Å². The highest BCUT2D eigenvalue weighted by Gasteiger charge is 2.30. The van der Waals surface area contributed by atoms with Gasteiger partial charge in [-0.1, -0.05) is 17.7 Å². The van der Waals surface area contributed by atoms with Crippen LogP contribution in [0.3, 0.4) is 0 Å². The van der Waals surface area contributed by atoms with E-state index in [0.717, 1.165) is 13.0 Å². The zero-order chi connectivity index (χ0) is 15.6. The Hall–Kier alpha value is -1.13. The fourth-order valence-corrected chi connectivity index (χ4v) is 2.79. The van der Waals surface area contributed by atoms with E-state index in [9.17, 15) is 9.18 Å². The molecule has 1 aromatic carbocycles. The third-order valence-corrected chi connectivity index (χ3v) is 3.94. The predicted octanol–water partition coefficient (Wildman–Crippen LogP) is 3.22. The second-order valence-corrected chi connectivity index (χ2v) is 7.07. The Balaban J connectivity index is 1.95. The fraction of sp³-hybridized carbons (Fsp3) is 0.562. The summed E-state index contributed by atoms with van der Waals surface area (Å²) < 4.78 is 13.8. The van der Waals surface area contributed by atoms with E-state index in [2.05, 4.69) is 10.2 Å². The topological polar surface area (TPSA) is 32.3 Å². The predicted molar refractivity (Wildman–Crippen MR) is 82.7 cm³/mol. The summed E-state index contributed by atoms with van der Waals surface area (Å²) in [7, 11) is 0. The average molecular weight is 313 g/mol. The van der Waals surface area contributed by atoms with E-state index in [4.69, 9.17) is 11.6 Å². The van der Waals surface area contributed by atoms with E-state index in [1.807, 2.05) is 20.8 Å². The highest BCUT2D eigenvalue weighted by molar-refractivity contribution is 6.31. The Morgan fingerprint density at radius 2 is 2.19 bits per heavy atom. The molecule has 21 heavy (non-hydrogen) atoms. The van der Waals surface area contributed by atoms with Crippen LogP contribution in [0.4, 0.5) is 4.39 Å². The molecule has 1 aromatic rings. The van der Waals surface area contributed by atoms with E-state index in [1.54, 1.807) is 12.1 Å². The van der Waals surface area contributed by atoms with Crippen molar-refractivity contribution < 1.29 is 9.18 Å². The Labute approximate surface area is 130 Å². The van der Waals surface area contributed by atoms with Gasteiger partial charge >= 0.3 is 0 Å². The number of hydrogen-bond donors (Lipinski definition) is 1. The first kappa shape index (κ1) is 16.2. The quantitative estimate of drug-likeness (QED) is 0.929. The van der Waals surface area contributed by atoms with E-state index >= 15 is 0 Å². The molecule has 0 radical (unpaired) electrons. The van der Waals surface area contributed by atoms with Crippen LogP contribution in [-0.4, -0.2) is 29.4 Å². The third-order valence-electron chi connectivity index (χ3n) is 3.58. The Morgan fingerprint density at radius 3 is 2.81 bits per heavy atom. The molecule has 0 bridgehead atoms. The summed E-state index contributed by atoms with van der Waals surface area (Å²) >= 11 is 6.05. The molecule has 3 nitrogen and oxygen atoms in total. The molecule has 2 rings (SSSR count). The van der Waals surface area contributed by atoms with Gasteiger partial charge in [-0.05, 0) is 45.9 Å². The Morgan fingerprint density at radius 1 is 1.48 bits per heavy atom. The minimum atomic E-state index is -0.287. The maximum atomic E-state index is 13.8. The molecule has 1 saturated heterocycles. The number of likely N-dealkylation sites (tertiary alicyclic amines) is 1. The Bertz CT molecular complexity index is 507. The highest BCUT2D eigenvalue weighted by Crippen LogP contribution is 2.25. The molecule has 1 atom stereocenters. The highest BCUT2D eigenvalue weighted by atomic mass is 35.5. The third kappa shape index (κ3) is 4.42. The summed E-state index contributed by atoms with van der Waals surface area (Å²) in [4.78, 5) is 14.2. The van der Waals surface area contributed by atoms with E-state index in [-0.39, 0.29) is 23.2 Å². The van der Waals surface area contributed by atoms with Crippen LogP contribution in [0, 0.1) is 11.7 Å².